The van der Waals surface area contributed by atoms with Gasteiger partial charge in [0.2, 0.25) is 0 Å². The largest absolute Gasteiger partial charge is 0.505 e. The lowest BCUT2D eigenvalue weighted by Crippen LogP contribution is -2.26. The number of rotatable bonds is 2. The van der Waals surface area contributed by atoms with E-state index >= 15 is 0 Å². The summed E-state index contributed by atoms with van der Waals surface area (Å²) in [6.45, 7) is 0. The van der Waals surface area contributed by atoms with Crippen LogP contribution in [0, 0.1) is 5.82 Å². The molecule has 0 bridgehead atoms. The molecule has 4 heteroatoms. The van der Waals surface area contributed by atoms with Crippen molar-refractivity contribution in [2.24, 2.45) is 0 Å². The third-order valence-electron chi connectivity index (χ3n) is 2.14. The highest BCUT2D eigenvalue weighted by atomic mass is 19.1. The van der Waals surface area contributed by atoms with Crippen LogP contribution in [0.1, 0.15) is 23.2 Å². The monoisotopic (exact) mass is 195 g/mol. The quantitative estimate of drug-likeness (QED) is 0.749. The number of carbonyl (C=O) groups excluding carboxylic acids is 1. The molecule has 2 N–H and O–H groups in total. The first kappa shape index (κ1) is 8.99. The van der Waals surface area contributed by atoms with Gasteiger partial charge in [0.25, 0.3) is 5.91 Å². The van der Waals surface area contributed by atoms with Gasteiger partial charge < -0.3 is 10.4 Å². The van der Waals surface area contributed by atoms with E-state index in [1.54, 1.807) is 0 Å². The van der Waals surface area contributed by atoms with Crippen LogP contribution in [0.3, 0.4) is 0 Å². The predicted octanol–water partition coefficient (Wildman–Crippen LogP) is 1.42. The second kappa shape index (κ2) is 3.29. The van der Waals surface area contributed by atoms with Crippen LogP contribution in [0.4, 0.5) is 4.39 Å². The van der Waals surface area contributed by atoms with Gasteiger partial charge in [-0.2, -0.15) is 0 Å². The molecule has 0 atom stereocenters. The third-order valence-corrected chi connectivity index (χ3v) is 2.14. The summed E-state index contributed by atoms with van der Waals surface area (Å²) in [5, 5.41) is 11.7. The first-order chi connectivity index (χ1) is 6.68. The van der Waals surface area contributed by atoms with Crippen molar-refractivity contribution in [2.45, 2.75) is 18.9 Å². The van der Waals surface area contributed by atoms with Gasteiger partial charge in [-0.25, -0.2) is 4.39 Å². The van der Waals surface area contributed by atoms with Crippen LogP contribution >= 0.6 is 0 Å². The average Bonchev–Trinajstić information content (AvgIpc) is 2.93. The summed E-state index contributed by atoms with van der Waals surface area (Å²) in [6, 6.07) is 4.19. The Bertz CT molecular complexity index is 374. The summed E-state index contributed by atoms with van der Waals surface area (Å²) in [4.78, 5) is 11.4. The maximum Gasteiger partial charge on any atom is 0.254 e. The highest BCUT2D eigenvalue weighted by Crippen LogP contribution is 2.22. The lowest BCUT2D eigenvalue weighted by atomic mass is 10.2. The number of carbonyl (C=O) groups is 1. The first-order valence-corrected chi connectivity index (χ1v) is 4.47. The number of aromatic hydroxyl groups is 1. The van der Waals surface area contributed by atoms with Crippen molar-refractivity contribution in [3.05, 3.63) is 29.6 Å². The Morgan fingerprint density at radius 2 is 2.21 bits per heavy atom. The zero-order chi connectivity index (χ0) is 10.1. The lowest BCUT2D eigenvalue weighted by Gasteiger charge is -2.04. The summed E-state index contributed by atoms with van der Waals surface area (Å²) in [5.41, 5.74) is -0.100. The number of phenols is 1. The molecule has 1 aliphatic rings. The summed E-state index contributed by atoms with van der Waals surface area (Å²) in [6.07, 6.45) is 1.90. The van der Waals surface area contributed by atoms with Gasteiger partial charge in [-0.05, 0) is 25.0 Å². The van der Waals surface area contributed by atoms with Crippen molar-refractivity contribution in [1.82, 2.24) is 5.32 Å². The number of phenolic OH excluding ortho intramolecular Hbond substituents is 1. The van der Waals surface area contributed by atoms with Gasteiger partial charge in [0, 0.05) is 6.04 Å². The smallest absolute Gasteiger partial charge is 0.254 e. The molecule has 1 amide bonds. The van der Waals surface area contributed by atoms with Crippen LogP contribution in [-0.2, 0) is 0 Å². The van der Waals surface area contributed by atoms with E-state index in [9.17, 15) is 9.18 Å². The van der Waals surface area contributed by atoms with Crippen molar-refractivity contribution in [1.29, 1.82) is 0 Å². The first-order valence-electron chi connectivity index (χ1n) is 4.47. The van der Waals surface area contributed by atoms with E-state index in [2.05, 4.69) is 5.32 Å². The highest BCUT2D eigenvalue weighted by Gasteiger charge is 2.25. The Hall–Kier alpha value is -1.58. The second-order valence-electron chi connectivity index (χ2n) is 3.39. The van der Waals surface area contributed by atoms with E-state index in [0.717, 1.165) is 12.8 Å². The van der Waals surface area contributed by atoms with Gasteiger partial charge in [-0.3, -0.25) is 4.79 Å². The van der Waals surface area contributed by atoms with Crippen LogP contribution in [0.5, 0.6) is 5.75 Å². The van der Waals surface area contributed by atoms with Gasteiger partial charge in [-0.15, -0.1) is 0 Å². The molecule has 2 rings (SSSR count). The number of amides is 1. The Kier molecular flexibility index (Phi) is 2.11. The Morgan fingerprint density at radius 3 is 2.86 bits per heavy atom. The standard InChI is InChI=1S/C10H10FNO2/c11-9-7(2-1-3-8(9)13)10(14)12-6-4-5-6/h1-3,6,13H,4-5H2,(H,12,14). The molecule has 14 heavy (non-hydrogen) atoms. The number of halogens is 1. The molecule has 0 aliphatic heterocycles. The number of benzene rings is 1. The van der Waals surface area contributed by atoms with E-state index < -0.39 is 17.5 Å². The maximum atomic E-state index is 13.2. The SMILES string of the molecule is O=C(NC1CC1)c1cccc(O)c1F. The van der Waals surface area contributed by atoms with E-state index in [1.165, 1.54) is 18.2 Å². The minimum absolute atomic E-state index is 0.100. The van der Waals surface area contributed by atoms with E-state index in [1.807, 2.05) is 0 Å². The molecule has 0 spiro atoms. The molecule has 0 saturated heterocycles. The van der Waals surface area contributed by atoms with Gasteiger partial charge in [-0.1, -0.05) is 6.07 Å². The zero-order valence-electron chi connectivity index (χ0n) is 7.46. The Labute approximate surface area is 80.6 Å². The molecule has 1 aliphatic carbocycles. The molecular formula is C10H10FNO2. The summed E-state index contributed by atoms with van der Waals surface area (Å²) in [5.74, 6) is -1.81. The molecule has 74 valence electrons. The van der Waals surface area contributed by atoms with Crippen LogP contribution in [0.25, 0.3) is 0 Å². The van der Waals surface area contributed by atoms with Crippen LogP contribution in [-0.4, -0.2) is 17.1 Å². The van der Waals surface area contributed by atoms with E-state index in [0.29, 0.717) is 0 Å². The van der Waals surface area contributed by atoms with Crippen molar-refractivity contribution in [3.8, 4) is 5.75 Å². The molecule has 0 radical (unpaired) electrons. The molecule has 3 nitrogen and oxygen atoms in total. The Morgan fingerprint density at radius 1 is 1.50 bits per heavy atom. The fraction of sp³-hybridized carbons (Fsp3) is 0.300. The molecular weight excluding hydrogens is 185 g/mol. The lowest BCUT2D eigenvalue weighted by molar-refractivity contribution is 0.0946. The minimum Gasteiger partial charge on any atom is -0.505 e. The molecule has 0 aromatic heterocycles. The van der Waals surface area contributed by atoms with Crippen molar-refractivity contribution >= 4 is 5.91 Å². The normalized spacial score (nSPS) is 15.2. The fourth-order valence-electron chi connectivity index (χ4n) is 1.19. The molecule has 0 heterocycles. The van der Waals surface area contributed by atoms with Gasteiger partial charge in [0.05, 0.1) is 5.56 Å². The average molecular weight is 195 g/mol. The van der Waals surface area contributed by atoms with Crippen molar-refractivity contribution in [3.63, 3.8) is 0 Å². The number of hydrogen-bond donors (Lipinski definition) is 2. The number of hydrogen-bond acceptors (Lipinski definition) is 2. The fourth-order valence-corrected chi connectivity index (χ4v) is 1.19. The van der Waals surface area contributed by atoms with Crippen LogP contribution in [0.15, 0.2) is 18.2 Å². The van der Waals surface area contributed by atoms with Crippen LogP contribution < -0.4 is 5.32 Å². The zero-order valence-corrected chi connectivity index (χ0v) is 7.46. The second-order valence-corrected chi connectivity index (χ2v) is 3.39. The molecule has 0 unspecified atom stereocenters. The Balaban J connectivity index is 2.21. The van der Waals surface area contributed by atoms with Crippen molar-refractivity contribution < 1.29 is 14.3 Å². The molecule has 1 fully saturated rings. The molecule has 1 saturated carbocycles. The van der Waals surface area contributed by atoms with E-state index in [4.69, 9.17) is 5.11 Å². The summed E-state index contributed by atoms with van der Waals surface area (Å²) in [7, 11) is 0. The van der Waals surface area contributed by atoms with E-state index in [-0.39, 0.29) is 11.6 Å². The number of nitrogens with one attached hydrogen (secondary N) is 1. The highest BCUT2D eigenvalue weighted by molar-refractivity contribution is 5.95. The molecule has 1 aromatic rings. The minimum atomic E-state index is -0.856. The summed E-state index contributed by atoms with van der Waals surface area (Å²) >= 11 is 0. The van der Waals surface area contributed by atoms with Gasteiger partial charge in [0.1, 0.15) is 0 Å². The van der Waals surface area contributed by atoms with Crippen LogP contribution in [0.2, 0.25) is 0 Å². The predicted molar refractivity (Wildman–Crippen MR) is 48.6 cm³/mol. The van der Waals surface area contributed by atoms with Gasteiger partial charge in [0.15, 0.2) is 11.6 Å². The summed E-state index contributed by atoms with van der Waals surface area (Å²) < 4.78 is 13.2. The molecule has 1 aromatic carbocycles. The third kappa shape index (κ3) is 1.69. The van der Waals surface area contributed by atoms with Gasteiger partial charge >= 0.3 is 0 Å². The maximum absolute atomic E-state index is 13.2. The van der Waals surface area contributed by atoms with Crippen molar-refractivity contribution in [2.75, 3.05) is 0 Å². The topological polar surface area (TPSA) is 49.3 Å².